The fourth-order valence-corrected chi connectivity index (χ4v) is 5.67. The van der Waals surface area contributed by atoms with Gasteiger partial charge in [0.15, 0.2) is 11.0 Å². The summed E-state index contributed by atoms with van der Waals surface area (Å²) in [4.78, 5) is 28.0. The highest BCUT2D eigenvalue weighted by atomic mass is 31.1. The first-order chi connectivity index (χ1) is 15.9. The van der Waals surface area contributed by atoms with E-state index in [0.29, 0.717) is 66.7 Å². The first kappa shape index (κ1) is 26.7. The quantitative estimate of drug-likeness (QED) is 0.295. The van der Waals surface area contributed by atoms with Crippen molar-refractivity contribution in [2.75, 3.05) is 32.6 Å². The summed E-state index contributed by atoms with van der Waals surface area (Å²) >= 11 is 0. The molecule has 0 heterocycles. The minimum Gasteiger partial charge on any atom is -0.493 e. The third-order valence-corrected chi connectivity index (χ3v) is 7.16. The molecule has 0 unspecified atom stereocenters. The van der Waals surface area contributed by atoms with E-state index in [2.05, 4.69) is 0 Å². The van der Waals surface area contributed by atoms with Gasteiger partial charge in [-0.1, -0.05) is 26.0 Å². The van der Waals surface area contributed by atoms with Gasteiger partial charge in [0, 0.05) is 7.92 Å². The normalized spacial score (nSPS) is 10.9. The van der Waals surface area contributed by atoms with Gasteiger partial charge in [-0.3, -0.25) is 9.59 Å². The highest BCUT2D eigenvalue weighted by Gasteiger charge is 2.36. The smallest absolute Gasteiger partial charge is 0.199 e. The second-order valence-electron chi connectivity index (χ2n) is 7.61. The monoisotopic (exact) mass is 474 g/mol. The number of hydrogen-bond acceptors (Lipinski definition) is 6. The van der Waals surface area contributed by atoms with Crippen LogP contribution < -0.4 is 18.9 Å². The van der Waals surface area contributed by atoms with E-state index in [-0.39, 0.29) is 17.0 Å². The molecule has 33 heavy (non-hydrogen) atoms. The van der Waals surface area contributed by atoms with E-state index in [0.717, 1.165) is 0 Å². The van der Waals surface area contributed by atoms with Crippen LogP contribution in [0.15, 0.2) is 36.4 Å². The maximum absolute atomic E-state index is 14.0. The van der Waals surface area contributed by atoms with Crippen LogP contribution in [-0.4, -0.2) is 43.6 Å². The van der Waals surface area contributed by atoms with Crippen LogP contribution in [-0.2, 0) is 0 Å². The van der Waals surface area contributed by atoms with Crippen LogP contribution in [0, 0.1) is 5.92 Å². The zero-order valence-electron chi connectivity index (χ0n) is 20.5. The molecule has 0 bridgehead atoms. The lowest BCUT2D eigenvalue weighted by Gasteiger charge is -2.22. The molecule has 0 aliphatic rings. The van der Waals surface area contributed by atoms with Crippen molar-refractivity contribution in [1.82, 2.24) is 0 Å². The molecule has 0 aliphatic heterocycles. The van der Waals surface area contributed by atoms with Crippen LogP contribution >= 0.6 is 7.92 Å². The van der Waals surface area contributed by atoms with E-state index in [1.165, 1.54) is 0 Å². The number of carbonyl (C=O) groups is 2. The maximum Gasteiger partial charge on any atom is 0.199 e. The summed E-state index contributed by atoms with van der Waals surface area (Å²) < 4.78 is 23.0. The second-order valence-corrected chi connectivity index (χ2v) is 9.64. The van der Waals surface area contributed by atoms with Crippen LogP contribution in [0.5, 0.6) is 23.0 Å². The SMILES string of the molecule is CCOc1cccc(OCC)c1C(=O)P(CC(C)C)C(=O)c1c(OCC)cccc1OCC. The summed E-state index contributed by atoms with van der Waals surface area (Å²) in [6.45, 7) is 13.0. The lowest BCUT2D eigenvalue weighted by molar-refractivity contribution is 0.104. The Morgan fingerprint density at radius 3 is 1.21 bits per heavy atom. The predicted molar refractivity (Wildman–Crippen MR) is 133 cm³/mol. The summed E-state index contributed by atoms with van der Waals surface area (Å²) in [5, 5.41) is 0. The van der Waals surface area contributed by atoms with Crippen molar-refractivity contribution in [1.29, 1.82) is 0 Å². The van der Waals surface area contributed by atoms with Crippen molar-refractivity contribution in [2.24, 2.45) is 5.92 Å². The van der Waals surface area contributed by atoms with Gasteiger partial charge >= 0.3 is 0 Å². The molecule has 2 aromatic rings. The van der Waals surface area contributed by atoms with Crippen molar-refractivity contribution in [2.45, 2.75) is 41.5 Å². The van der Waals surface area contributed by atoms with Crippen LogP contribution in [0.1, 0.15) is 62.3 Å². The van der Waals surface area contributed by atoms with Crippen molar-refractivity contribution in [3.05, 3.63) is 47.5 Å². The summed E-state index contributed by atoms with van der Waals surface area (Å²) in [7, 11) is -1.78. The van der Waals surface area contributed by atoms with Gasteiger partial charge in [-0.25, -0.2) is 0 Å². The van der Waals surface area contributed by atoms with Crippen LogP contribution in [0.2, 0.25) is 0 Å². The average molecular weight is 475 g/mol. The molecule has 7 heteroatoms. The summed E-state index contributed by atoms with van der Waals surface area (Å²) in [6, 6.07) is 10.5. The van der Waals surface area contributed by atoms with E-state index in [1.54, 1.807) is 36.4 Å². The van der Waals surface area contributed by atoms with E-state index < -0.39 is 7.92 Å². The summed E-state index contributed by atoms with van der Waals surface area (Å²) in [5.74, 6) is 1.86. The molecule has 0 spiro atoms. The van der Waals surface area contributed by atoms with E-state index in [4.69, 9.17) is 18.9 Å². The van der Waals surface area contributed by atoms with Crippen LogP contribution in [0.4, 0.5) is 0 Å². The molecular formula is C26H35O6P. The molecule has 0 saturated heterocycles. The Hall–Kier alpha value is -2.59. The van der Waals surface area contributed by atoms with Gasteiger partial charge in [0.25, 0.3) is 0 Å². The standard InChI is InChI=1S/C26H35O6P/c1-7-29-19-13-11-14-20(30-8-2)23(19)25(27)33(17-18(5)6)26(28)24-21(31-9-3)15-12-16-22(24)32-10-4/h11-16,18H,7-10,17H2,1-6H3. The van der Waals surface area contributed by atoms with Gasteiger partial charge in [-0.05, 0) is 64.0 Å². The maximum atomic E-state index is 14.0. The van der Waals surface area contributed by atoms with Crippen molar-refractivity contribution >= 4 is 19.0 Å². The molecule has 0 atom stereocenters. The predicted octanol–water partition coefficient (Wildman–Crippen LogP) is 6.40. The summed E-state index contributed by atoms with van der Waals surface area (Å²) in [5.41, 5.74) is 0.135. The molecule has 0 radical (unpaired) electrons. The molecule has 0 aliphatic carbocycles. The highest BCUT2D eigenvalue weighted by Crippen LogP contribution is 2.51. The molecule has 0 aromatic heterocycles. The van der Waals surface area contributed by atoms with E-state index in [1.807, 2.05) is 41.5 Å². The topological polar surface area (TPSA) is 71.1 Å². The van der Waals surface area contributed by atoms with Gasteiger partial charge in [-0.2, -0.15) is 0 Å². The summed E-state index contributed by atoms with van der Waals surface area (Å²) in [6.07, 6.45) is 0.436. The Kier molecular flexibility index (Phi) is 10.7. The van der Waals surface area contributed by atoms with Crippen LogP contribution in [0.25, 0.3) is 0 Å². The Labute approximate surface area is 198 Å². The zero-order valence-corrected chi connectivity index (χ0v) is 21.4. The lowest BCUT2D eigenvalue weighted by atomic mass is 10.2. The zero-order chi connectivity index (χ0) is 24.4. The largest absolute Gasteiger partial charge is 0.493 e. The van der Waals surface area contributed by atoms with Gasteiger partial charge in [0.05, 0.1) is 26.4 Å². The third-order valence-electron chi connectivity index (χ3n) is 4.64. The number of rotatable bonds is 14. The fraction of sp³-hybridized carbons (Fsp3) is 0.462. The van der Waals surface area contributed by atoms with Gasteiger partial charge in [0.2, 0.25) is 0 Å². The minimum atomic E-state index is -1.78. The van der Waals surface area contributed by atoms with Crippen molar-refractivity contribution < 1.29 is 28.5 Å². The van der Waals surface area contributed by atoms with Gasteiger partial charge < -0.3 is 18.9 Å². The molecule has 6 nitrogen and oxygen atoms in total. The fourth-order valence-electron chi connectivity index (χ4n) is 3.44. The lowest BCUT2D eigenvalue weighted by Crippen LogP contribution is -2.16. The van der Waals surface area contributed by atoms with Gasteiger partial charge in [0.1, 0.15) is 34.1 Å². The Bertz CT molecular complexity index is 820. The molecular weight excluding hydrogens is 439 g/mol. The first-order valence-electron chi connectivity index (χ1n) is 11.5. The molecule has 2 aromatic carbocycles. The first-order valence-corrected chi connectivity index (χ1v) is 13.0. The molecule has 0 amide bonds. The molecule has 0 N–H and O–H groups in total. The molecule has 2 rings (SSSR count). The highest BCUT2D eigenvalue weighted by molar-refractivity contribution is 7.90. The molecule has 0 fully saturated rings. The van der Waals surface area contributed by atoms with Crippen molar-refractivity contribution in [3.63, 3.8) is 0 Å². The Balaban J connectivity index is 2.65. The molecule has 180 valence electrons. The number of ether oxygens (including phenoxy) is 4. The second kappa shape index (κ2) is 13.2. The average Bonchev–Trinajstić information content (AvgIpc) is 2.78. The third kappa shape index (κ3) is 6.70. The van der Waals surface area contributed by atoms with Crippen molar-refractivity contribution in [3.8, 4) is 23.0 Å². The molecule has 0 saturated carbocycles. The van der Waals surface area contributed by atoms with E-state index >= 15 is 0 Å². The number of hydrogen-bond donors (Lipinski definition) is 0. The number of carbonyl (C=O) groups excluding carboxylic acids is 2. The Morgan fingerprint density at radius 2 is 0.970 bits per heavy atom. The van der Waals surface area contributed by atoms with Gasteiger partial charge in [-0.15, -0.1) is 0 Å². The Morgan fingerprint density at radius 1 is 0.667 bits per heavy atom. The van der Waals surface area contributed by atoms with Crippen LogP contribution in [0.3, 0.4) is 0 Å². The number of benzene rings is 2. The van der Waals surface area contributed by atoms with E-state index in [9.17, 15) is 9.59 Å². The minimum absolute atomic E-state index is 0.133.